The number of hydrogen-bond acceptors (Lipinski definition) is 1. The van der Waals surface area contributed by atoms with Crippen molar-refractivity contribution in [3.8, 4) is 0 Å². The molecule has 1 aromatic carbocycles. The Kier molecular flexibility index (Phi) is 5.01. The first kappa shape index (κ1) is 13.2. The van der Waals surface area contributed by atoms with Crippen LogP contribution in [0.25, 0.3) is 0 Å². The molecule has 0 aromatic heterocycles. The SMILES string of the molecule is Cc1ccc(C)c(CCC(O)CC(C)C)c1. The Labute approximate surface area is 99.5 Å². The topological polar surface area (TPSA) is 20.2 Å². The third kappa shape index (κ3) is 4.36. The van der Waals surface area contributed by atoms with Crippen molar-refractivity contribution in [2.75, 3.05) is 0 Å². The van der Waals surface area contributed by atoms with Crippen LogP contribution in [0.3, 0.4) is 0 Å². The Morgan fingerprint density at radius 3 is 2.50 bits per heavy atom. The molecule has 0 heterocycles. The third-order valence-corrected chi connectivity index (χ3v) is 3.00. The maximum atomic E-state index is 9.84. The van der Waals surface area contributed by atoms with E-state index >= 15 is 0 Å². The number of aliphatic hydroxyl groups excluding tert-OH is 1. The molecule has 1 heteroatoms. The summed E-state index contributed by atoms with van der Waals surface area (Å²) in [5.41, 5.74) is 4.02. The molecule has 0 fully saturated rings. The summed E-state index contributed by atoms with van der Waals surface area (Å²) in [5, 5.41) is 9.84. The third-order valence-electron chi connectivity index (χ3n) is 3.00. The minimum Gasteiger partial charge on any atom is -0.393 e. The maximum Gasteiger partial charge on any atom is 0.0545 e. The number of hydrogen-bond donors (Lipinski definition) is 1. The van der Waals surface area contributed by atoms with Gasteiger partial charge in [0, 0.05) is 0 Å². The lowest BCUT2D eigenvalue weighted by molar-refractivity contribution is 0.139. The summed E-state index contributed by atoms with van der Waals surface area (Å²) < 4.78 is 0. The van der Waals surface area contributed by atoms with Crippen molar-refractivity contribution >= 4 is 0 Å². The summed E-state index contributed by atoms with van der Waals surface area (Å²) in [7, 11) is 0. The van der Waals surface area contributed by atoms with Gasteiger partial charge in [0.05, 0.1) is 6.10 Å². The first-order valence-electron chi connectivity index (χ1n) is 6.23. The second-order valence-corrected chi connectivity index (χ2v) is 5.25. The van der Waals surface area contributed by atoms with Crippen LogP contribution in [0, 0.1) is 19.8 Å². The molecule has 0 radical (unpaired) electrons. The molecule has 0 aliphatic heterocycles. The van der Waals surface area contributed by atoms with Crippen LogP contribution in [-0.4, -0.2) is 11.2 Å². The lowest BCUT2D eigenvalue weighted by Crippen LogP contribution is -2.11. The Bertz CT molecular complexity index is 328. The molecule has 1 rings (SSSR count). The van der Waals surface area contributed by atoms with E-state index in [1.807, 2.05) is 0 Å². The van der Waals surface area contributed by atoms with Gasteiger partial charge in [-0.3, -0.25) is 0 Å². The van der Waals surface area contributed by atoms with Gasteiger partial charge < -0.3 is 5.11 Å². The second-order valence-electron chi connectivity index (χ2n) is 5.25. The molecule has 1 nitrogen and oxygen atoms in total. The number of aryl methyl sites for hydroxylation is 3. The largest absolute Gasteiger partial charge is 0.393 e. The fraction of sp³-hybridized carbons (Fsp3) is 0.600. The van der Waals surface area contributed by atoms with Gasteiger partial charge in [0.2, 0.25) is 0 Å². The van der Waals surface area contributed by atoms with Gasteiger partial charge in [-0.2, -0.15) is 0 Å². The van der Waals surface area contributed by atoms with Crippen molar-refractivity contribution in [3.63, 3.8) is 0 Å². The van der Waals surface area contributed by atoms with E-state index < -0.39 is 0 Å². The molecule has 90 valence electrons. The van der Waals surface area contributed by atoms with E-state index in [2.05, 4.69) is 45.9 Å². The minimum atomic E-state index is -0.153. The normalized spacial score (nSPS) is 13.1. The highest BCUT2D eigenvalue weighted by Gasteiger charge is 2.08. The van der Waals surface area contributed by atoms with E-state index in [-0.39, 0.29) is 6.10 Å². The van der Waals surface area contributed by atoms with Crippen molar-refractivity contribution < 1.29 is 5.11 Å². The zero-order chi connectivity index (χ0) is 12.1. The van der Waals surface area contributed by atoms with Crippen molar-refractivity contribution in [2.24, 2.45) is 5.92 Å². The van der Waals surface area contributed by atoms with E-state index in [1.54, 1.807) is 0 Å². The Balaban J connectivity index is 2.51. The van der Waals surface area contributed by atoms with Gasteiger partial charge >= 0.3 is 0 Å². The molecule has 1 aromatic rings. The highest BCUT2D eigenvalue weighted by atomic mass is 16.3. The number of rotatable bonds is 5. The molecule has 0 saturated carbocycles. The smallest absolute Gasteiger partial charge is 0.0545 e. The van der Waals surface area contributed by atoms with Crippen LogP contribution in [-0.2, 0) is 6.42 Å². The summed E-state index contributed by atoms with van der Waals surface area (Å²) >= 11 is 0. The van der Waals surface area contributed by atoms with Gasteiger partial charge in [-0.05, 0) is 50.2 Å². The van der Waals surface area contributed by atoms with E-state index in [0.29, 0.717) is 5.92 Å². The molecule has 0 aliphatic rings. The molecular formula is C15H24O. The molecular weight excluding hydrogens is 196 g/mol. The molecule has 1 unspecified atom stereocenters. The summed E-state index contributed by atoms with van der Waals surface area (Å²) in [6, 6.07) is 6.54. The highest BCUT2D eigenvalue weighted by molar-refractivity contribution is 5.30. The van der Waals surface area contributed by atoms with Crippen molar-refractivity contribution in [1.82, 2.24) is 0 Å². The first-order chi connectivity index (χ1) is 7.49. The average Bonchev–Trinajstić information content (AvgIpc) is 2.18. The van der Waals surface area contributed by atoms with E-state index in [1.165, 1.54) is 16.7 Å². The molecule has 1 atom stereocenters. The zero-order valence-corrected chi connectivity index (χ0v) is 11.0. The van der Waals surface area contributed by atoms with Gasteiger partial charge in [0.1, 0.15) is 0 Å². The van der Waals surface area contributed by atoms with Gasteiger partial charge in [-0.25, -0.2) is 0 Å². The van der Waals surface area contributed by atoms with Gasteiger partial charge in [0.25, 0.3) is 0 Å². The molecule has 16 heavy (non-hydrogen) atoms. The predicted molar refractivity (Wildman–Crippen MR) is 69.7 cm³/mol. The summed E-state index contributed by atoms with van der Waals surface area (Å²) in [5.74, 6) is 0.577. The van der Waals surface area contributed by atoms with Crippen LogP contribution in [0.4, 0.5) is 0 Å². The lowest BCUT2D eigenvalue weighted by atomic mass is 9.96. The van der Waals surface area contributed by atoms with Crippen molar-refractivity contribution in [2.45, 2.75) is 53.1 Å². The van der Waals surface area contributed by atoms with Crippen molar-refractivity contribution in [1.29, 1.82) is 0 Å². The zero-order valence-electron chi connectivity index (χ0n) is 11.0. The minimum absolute atomic E-state index is 0.153. The van der Waals surface area contributed by atoms with Gasteiger partial charge in [-0.1, -0.05) is 37.6 Å². The predicted octanol–water partition coefficient (Wildman–Crippen LogP) is 3.64. The lowest BCUT2D eigenvalue weighted by Gasteiger charge is -2.14. The van der Waals surface area contributed by atoms with Crippen LogP contribution >= 0.6 is 0 Å². The molecule has 0 saturated heterocycles. The van der Waals surface area contributed by atoms with Gasteiger partial charge in [0.15, 0.2) is 0 Å². The second kappa shape index (κ2) is 6.05. The molecule has 0 bridgehead atoms. The standard InChI is InChI=1S/C15H24O/c1-11(2)9-15(16)8-7-14-10-12(3)5-6-13(14)4/h5-6,10-11,15-16H,7-9H2,1-4H3. The van der Waals surface area contributed by atoms with Crippen LogP contribution in [0.15, 0.2) is 18.2 Å². The fourth-order valence-corrected chi connectivity index (χ4v) is 2.05. The molecule has 0 aliphatic carbocycles. The van der Waals surface area contributed by atoms with Crippen LogP contribution < -0.4 is 0 Å². The summed E-state index contributed by atoms with van der Waals surface area (Å²) in [6.07, 6.45) is 2.62. The first-order valence-corrected chi connectivity index (χ1v) is 6.23. The Morgan fingerprint density at radius 2 is 1.88 bits per heavy atom. The monoisotopic (exact) mass is 220 g/mol. The van der Waals surface area contributed by atoms with Crippen LogP contribution in [0.2, 0.25) is 0 Å². The van der Waals surface area contributed by atoms with E-state index in [9.17, 15) is 5.11 Å². The van der Waals surface area contributed by atoms with Crippen molar-refractivity contribution in [3.05, 3.63) is 34.9 Å². The average molecular weight is 220 g/mol. The van der Waals surface area contributed by atoms with E-state index in [0.717, 1.165) is 19.3 Å². The Hall–Kier alpha value is -0.820. The highest BCUT2D eigenvalue weighted by Crippen LogP contribution is 2.16. The van der Waals surface area contributed by atoms with Crippen LogP contribution in [0.5, 0.6) is 0 Å². The molecule has 1 N–H and O–H groups in total. The Morgan fingerprint density at radius 1 is 1.19 bits per heavy atom. The quantitative estimate of drug-likeness (QED) is 0.803. The van der Waals surface area contributed by atoms with Gasteiger partial charge in [-0.15, -0.1) is 0 Å². The molecule has 0 spiro atoms. The van der Waals surface area contributed by atoms with Crippen LogP contribution in [0.1, 0.15) is 43.4 Å². The maximum absolute atomic E-state index is 9.84. The number of aliphatic hydroxyl groups is 1. The number of benzene rings is 1. The van der Waals surface area contributed by atoms with E-state index in [4.69, 9.17) is 0 Å². The molecule has 0 amide bonds. The fourth-order valence-electron chi connectivity index (χ4n) is 2.05. The summed E-state index contributed by atoms with van der Waals surface area (Å²) in [4.78, 5) is 0. The summed E-state index contributed by atoms with van der Waals surface area (Å²) in [6.45, 7) is 8.57.